The lowest BCUT2D eigenvalue weighted by Gasteiger charge is -2.18. The molecule has 0 aliphatic carbocycles. The fourth-order valence-corrected chi connectivity index (χ4v) is 1.35. The van der Waals surface area contributed by atoms with Crippen LogP contribution in [-0.4, -0.2) is 15.0 Å². The van der Waals surface area contributed by atoms with Crippen LogP contribution in [0.3, 0.4) is 0 Å². The summed E-state index contributed by atoms with van der Waals surface area (Å²) in [4.78, 5) is 12.3. The fourth-order valence-electron chi connectivity index (χ4n) is 1.35. The number of nitrogens with two attached hydrogens (primary N) is 1. The molecule has 2 heterocycles. The molecule has 2 rings (SSSR count). The Kier molecular flexibility index (Phi) is 2.07. The summed E-state index contributed by atoms with van der Waals surface area (Å²) in [6, 6.07) is 2.06. The molecule has 4 nitrogen and oxygen atoms in total. The van der Waals surface area contributed by atoms with Crippen LogP contribution in [-0.2, 0) is 5.41 Å². The number of rotatable bonds is 0. The molecule has 0 aromatic carbocycles. The van der Waals surface area contributed by atoms with Gasteiger partial charge in [-0.2, -0.15) is 4.98 Å². The van der Waals surface area contributed by atoms with Crippen LogP contribution in [0, 0.1) is 0 Å². The first-order valence-corrected chi connectivity index (χ1v) is 4.85. The Morgan fingerprint density at radius 3 is 2.53 bits per heavy atom. The fraction of sp³-hybridized carbons (Fsp3) is 0.364. The van der Waals surface area contributed by atoms with Gasteiger partial charge in [-0.15, -0.1) is 0 Å². The normalized spacial score (nSPS) is 11.9. The van der Waals surface area contributed by atoms with Crippen molar-refractivity contribution in [3.8, 4) is 0 Å². The lowest BCUT2D eigenvalue weighted by Crippen LogP contribution is -2.11. The summed E-state index contributed by atoms with van der Waals surface area (Å²) in [7, 11) is 0. The van der Waals surface area contributed by atoms with Gasteiger partial charge >= 0.3 is 0 Å². The first-order chi connectivity index (χ1) is 6.97. The van der Waals surface area contributed by atoms with Gasteiger partial charge in [0.15, 0.2) is 5.65 Å². The van der Waals surface area contributed by atoms with Crippen molar-refractivity contribution in [1.82, 2.24) is 15.0 Å². The summed E-state index contributed by atoms with van der Waals surface area (Å²) < 4.78 is 0. The summed E-state index contributed by atoms with van der Waals surface area (Å²) >= 11 is 0. The Labute approximate surface area is 88.6 Å². The molecule has 0 spiro atoms. The van der Waals surface area contributed by atoms with Crippen LogP contribution >= 0.6 is 0 Å². The van der Waals surface area contributed by atoms with E-state index in [1.54, 1.807) is 6.20 Å². The molecule has 0 saturated carbocycles. The van der Waals surface area contributed by atoms with E-state index in [9.17, 15) is 0 Å². The maximum atomic E-state index is 5.49. The van der Waals surface area contributed by atoms with E-state index in [0.717, 1.165) is 5.39 Å². The predicted octanol–water partition coefficient (Wildman–Crippen LogP) is 1.90. The van der Waals surface area contributed by atoms with Gasteiger partial charge in [-0.25, -0.2) is 9.97 Å². The standard InChI is InChI=1S/C11H14N4/c1-11(2,3)8-4-7-5-14-10(12)15-9(7)13-6-8/h4-6H,1-3H3,(H2,12,13,14,15). The van der Waals surface area contributed by atoms with E-state index in [-0.39, 0.29) is 11.4 Å². The summed E-state index contributed by atoms with van der Waals surface area (Å²) in [5, 5.41) is 0.927. The number of aromatic nitrogens is 3. The molecule has 2 N–H and O–H groups in total. The number of nitrogens with zero attached hydrogens (tertiary/aromatic N) is 3. The average molecular weight is 202 g/mol. The number of hydrogen-bond donors (Lipinski definition) is 1. The molecular formula is C11H14N4. The Bertz CT molecular complexity index is 499. The first-order valence-electron chi connectivity index (χ1n) is 4.85. The molecule has 0 saturated heterocycles. The quantitative estimate of drug-likeness (QED) is 0.708. The first kappa shape index (κ1) is 9.83. The molecule has 0 atom stereocenters. The van der Waals surface area contributed by atoms with E-state index in [1.807, 2.05) is 6.20 Å². The zero-order valence-electron chi connectivity index (χ0n) is 9.15. The Balaban J connectivity index is 2.62. The smallest absolute Gasteiger partial charge is 0.222 e. The van der Waals surface area contributed by atoms with Gasteiger partial charge in [-0.05, 0) is 17.0 Å². The van der Waals surface area contributed by atoms with Crippen LogP contribution in [0.2, 0.25) is 0 Å². The van der Waals surface area contributed by atoms with Crippen molar-refractivity contribution in [1.29, 1.82) is 0 Å². The summed E-state index contributed by atoms with van der Waals surface area (Å²) in [5.41, 5.74) is 7.39. The van der Waals surface area contributed by atoms with Gasteiger partial charge < -0.3 is 5.73 Å². The van der Waals surface area contributed by atoms with Gasteiger partial charge in [0.25, 0.3) is 0 Å². The summed E-state index contributed by atoms with van der Waals surface area (Å²) in [5.74, 6) is 0.263. The molecule has 2 aromatic heterocycles. The highest BCUT2D eigenvalue weighted by molar-refractivity contribution is 5.75. The van der Waals surface area contributed by atoms with Crippen molar-refractivity contribution in [2.24, 2.45) is 0 Å². The second-order valence-electron chi connectivity index (χ2n) is 4.62. The zero-order valence-corrected chi connectivity index (χ0v) is 9.15. The SMILES string of the molecule is CC(C)(C)c1cnc2nc(N)ncc2c1. The minimum Gasteiger partial charge on any atom is -0.368 e. The minimum absolute atomic E-state index is 0.0859. The Hall–Kier alpha value is -1.71. The predicted molar refractivity (Wildman–Crippen MR) is 60.4 cm³/mol. The maximum absolute atomic E-state index is 5.49. The average Bonchev–Trinajstić information content (AvgIpc) is 2.15. The van der Waals surface area contributed by atoms with Crippen molar-refractivity contribution in [3.63, 3.8) is 0 Å². The lowest BCUT2D eigenvalue weighted by atomic mass is 9.88. The maximum Gasteiger partial charge on any atom is 0.222 e. The van der Waals surface area contributed by atoms with Crippen LogP contribution in [0.1, 0.15) is 26.3 Å². The topological polar surface area (TPSA) is 64.7 Å². The van der Waals surface area contributed by atoms with Gasteiger partial charge in [-0.1, -0.05) is 20.8 Å². The van der Waals surface area contributed by atoms with Gasteiger partial charge in [-0.3, -0.25) is 0 Å². The van der Waals surface area contributed by atoms with Crippen LogP contribution in [0.25, 0.3) is 11.0 Å². The van der Waals surface area contributed by atoms with Crippen LogP contribution < -0.4 is 5.73 Å². The van der Waals surface area contributed by atoms with Crippen LogP contribution in [0.15, 0.2) is 18.5 Å². The second-order valence-corrected chi connectivity index (χ2v) is 4.62. The van der Waals surface area contributed by atoms with Gasteiger partial charge in [0.2, 0.25) is 5.95 Å². The van der Waals surface area contributed by atoms with Crippen LogP contribution in [0.4, 0.5) is 5.95 Å². The number of pyridine rings is 1. The molecule has 0 amide bonds. The second kappa shape index (κ2) is 3.15. The molecule has 0 fully saturated rings. The number of hydrogen-bond acceptors (Lipinski definition) is 4. The molecule has 78 valence electrons. The summed E-state index contributed by atoms with van der Waals surface area (Å²) in [6.07, 6.45) is 3.55. The van der Waals surface area contributed by atoms with E-state index >= 15 is 0 Å². The summed E-state index contributed by atoms with van der Waals surface area (Å²) in [6.45, 7) is 6.44. The molecule has 15 heavy (non-hydrogen) atoms. The highest BCUT2D eigenvalue weighted by atomic mass is 15.0. The Morgan fingerprint density at radius 2 is 1.87 bits per heavy atom. The molecule has 0 aliphatic heterocycles. The third-order valence-corrected chi connectivity index (χ3v) is 2.32. The third-order valence-electron chi connectivity index (χ3n) is 2.32. The lowest BCUT2D eigenvalue weighted by molar-refractivity contribution is 0.588. The van der Waals surface area contributed by atoms with Gasteiger partial charge in [0, 0.05) is 17.8 Å². The van der Waals surface area contributed by atoms with E-state index in [4.69, 9.17) is 5.73 Å². The van der Waals surface area contributed by atoms with Crippen LogP contribution in [0.5, 0.6) is 0 Å². The number of fused-ring (bicyclic) bond motifs is 1. The van der Waals surface area contributed by atoms with Gasteiger partial charge in [0.1, 0.15) is 0 Å². The number of nitrogen functional groups attached to an aromatic ring is 1. The molecule has 2 aromatic rings. The number of anilines is 1. The molecule has 4 heteroatoms. The van der Waals surface area contributed by atoms with E-state index < -0.39 is 0 Å². The highest BCUT2D eigenvalue weighted by Gasteiger charge is 2.14. The molecule has 0 unspecified atom stereocenters. The van der Waals surface area contributed by atoms with Gasteiger partial charge in [0.05, 0.1) is 0 Å². The zero-order chi connectivity index (χ0) is 11.1. The monoisotopic (exact) mass is 202 g/mol. The van der Waals surface area contributed by atoms with Crippen molar-refractivity contribution >= 4 is 17.0 Å². The van der Waals surface area contributed by atoms with Crippen molar-refractivity contribution in [2.75, 3.05) is 5.73 Å². The highest BCUT2D eigenvalue weighted by Crippen LogP contribution is 2.23. The molecule has 0 radical (unpaired) electrons. The van der Waals surface area contributed by atoms with Crippen molar-refractivity contribution < 1.29 is 0 Å². The van der Waals surface area contributed by atoms with E-state index in [1.165, 1.54) is 5.56 Å². The minimum atomic E-state index is 0.0859. The van der Waals surface area contributed by atoms with E-state index in [0.29, 0.717) is 5.65 Å². The van der Waals surface area contributed by atoms with Crippen molar-refractivity contribution in [3.05, 3.63) is 24.0 Å². The molecule has 0 aliphatic rings. The van der Waals surface area contributed by atoms with Crippen molar-refractivity contribution in [2.45, 2.75) is 26.2 Å². The largest absolute Gasteiger partial charge is 0.368 e. The molecular weight excluding hydrogens is 188 g/mol. The molecule has 0 bridgehead atoms. The third kappa shape index (κ3) is 1.88. The van der Waals surface area contributed by atoms with E-state index in [2.05, 4.69) is 41.8 Å². The Morgan fingerprint density at radius 1 is 1.13 bits per heavy atom.